The van der Waals surface area contributed by atoms with Crippen LogP contribution in [0.25, 0.3) is 0 Å². The molecule has 3 aromatic carbocycles. The number of nitrogens with zero attached hydrogens (tertiary/aromatic N) is 1. The molecule has 2 unspecified atom stereocenters. The number of fused-ring (bicyclic) bond motifs is 2. The number of amides is 1. The fourth-order valence-electron chi connectivity index (χ4n) is 5.58. The second-order valence-corrected chi connectivity index (χ2v) is 14.0. The molecule has 0 spiro atoms. The Bertz CT molecular complexity index is 1510. The molecule has 40 heavy (non-hydrogen) atoms. The van der Waals surface area contributed by atoms with Crippen LogP contribution in [0.15, 0.2) is 65.6 Å². The smallest absolute Gasteiger partial charge is 0.264 e. The Morgan fingerprint density at radius 1 is 1.00 bits per heavy atom. The van der Waals surface area contributed by atoms with Crippen LogP contribution in [0.3, 0.4) is 0 Å². The highest BCUT2D eigenvalue weighted by molar-refractivity contribution is 7.92. The monoisotopic (exact) mass is 560 g/mol. The van der Waals surface area contributed by atoms with Crippen LogP contribution >= 0.6 is 0 Å². The van der Waals surface area contributed by atoms with Gasteiger partial charge in [-0.05, 0) is 91.0 Å². The highest BCUT2D eigenvalue weighted by Gasteiger charge is 2.39. The average molecular weight is 561 g/mol. The van der Waals surface area contributed by atoms with Gasteiger partial charge in [0.05, 0.1) is 23.2 Å². The van der Waals surface area contributed by atoms with Gasteiger partial charge in [-0.15, -0.1) is 0 Å². The lowest BCUT2D eigenvalue weighted by Gasteiger charge is -2.36. The zero-order valence-corrected chi connectivity index (χ0v) is 25.0. The van der Waals surface area contributed by atoms with Crippen molar-refractivity contribution >= 4 is 21.6 Å². The van der Waals surface area contributed by atoms with Crippen molar-refractivity contribution in [3.63, 3.8) is 0 Å². The number of carbonyl (C=O) groups is 1. The van der Waals surface area contributed by atoms with Gasteiger partial charge < -0.3 is 10.1 Å². The van der Waals surface area contributed by atoms with Crippen molar-refractivity contribution in [1.82, 2.24) is 5.32 Å². The number of anilines is 1. The van der Waals surface area contributed by atoms with Crippen LogP contribution in [0.5, 0.6) is 5.75 Å². The predicted octanol–water partition coefficient (Wildman–Crippen LogP) is 6.40. The third kappa shape index (κ3) is 5.62. The molecule has 1 N–H and O–H groups in total. The van der Waals surface area contributed by atoms with Crippen molar-refractivity contribution in [2.75, 3.05) is 10.8 Å². The highest BCUT2D eigenvalue weighted by atomic mass is 32.2. The molecule has 2 atom stereocenters. The number of sulfonamides is 1. The molecule has 0 bridgehead atoms. The normalized spacial score (nSPS) is 17.8. The van der Waals surface area contributed by atoms with Crippen LogP contribution in [0.4, 0.5) is 5.69 Å². The molecule has 1 aliphatic heterocycles. The molecule has 1 aliphatic carbocycles. The SMILES string of the molecule is CCC(NC(=O)C1CN(S(=O)(=O)c2ccc(C)cc2)c2cc(C(C)(C)C)ccc2O1)c1ccc2c(c1)CCCC2. The minimum Gasteiger partial charge on any atom is -0.476 e. The van der Waals surface area contributed by atoms with Crippen molar-refractivity contribution in [2.24, 2.45) is 0 Å². The van der Waals surface area contributed by atoms with E-state index < -0.39 is 16.1 Å². The number of hydrogen-bond acceptors (Lipinski definition) is 4. The summed E-state index contributed by atoms with van der Waals surface area (Å²) in [6.45, 7) is 10.1. The lowest BCUT2D eigenvalue weighted by Crippen LogP contribution is -2.51. The Morgan fingerprint density at radius 2 is 1.70 bits per heavy atom. The first-order valence-electron chi connectivity index (χ1n) is 14.3. The van der Waals surface area contributed by atoms with E-state index in [0.717, 1.165) is 29.5 Å². The standard InChI is InChI=1S/C33H40N2O4S/c1-6-28(25-14-13-23-9-7-8-10-24(23)19-25)34-32(36)31-21-35(40(37,38)27-16-11-22(2)12-17-27)29-20-26(33(3,4)5)15-18-30(29)39-31/h11-20,28,31H,6-10,21H2,1-5H3,(H,34,36). The number of rotatable bonds is 6. The van der Waals surface area contributed by atoms with E-state index in [-0.39, 0.29) is 28.8 Å². The maximum absolute atomic E-state index is 14.0. The van der Waals surface area contributed by atoms with E-state index in [9.17, 15) is 13.2 Å². The molecule has 0 fully saturated rings. The quantitative estimate of drug-likeness (QED) is 0.379. The van der Waals surface area contributed by atoms with Gasteiger partial charge in [0.15, 0.2) is 6.10 Å². The molecule has 6 nitrogen and oxygen atoms in total. The van der Waals surface area contributed by atoms with E-state index in [4.69, 9.17) is 4.74 Å². The first kappa shape index (κ1) is 28.2. The van der Waals surface area contributed by atoms with Gasteiger partial charge in [0.25, 0.3) is 15.9 Å². The molecule has 1 heterocycles. The minimum atomic E-state index is -3.94. The summed E-state index contributed by atoms with van der Waals surface area (Å²) in [6.07, 6.45) is 4.32. The van der Waals surface area contributed by atoms with E-state index in [1.54, 1.807) is 30.3 Å². The van der Waals surface area contributed by atoms with Crippen LogP contribution < -0.4 is 14.4 Å². The van der Waals surface area contributed by atoms with E-state index in [0.29, 0.717) is 17.9 Å². The summed E-state index contributed by atoms with van der Waals surface area (Å²) in [4.78, 5) is 13.8. The lowest BCUT2D eigenvalue weighted by atomic mass is 9.86. The molecule has 0 aromatic heterocycles. The molecule has 212 valence electrons. The van der Waals surface area contributed by atoms with Crippen LogP contribution in [0, 0.1) is 6.92 Å². The summed E-state index contributed by atoms with van der Waals surface area (Å²) in [5, 5.41) is 3.16. The second kappa shape index (κ2) is 10.9. The number of carbonyl (C=O) groups excluding carboxylic acids is 1. The molecule has 7 heteroatoms. The highest BCUT2D eigenvalue weighted by Crippen LogP contribution is 2.40. The minimum absolute atomic E-state index is 0.108. The van der Waals surface area contributed by atoms with E-state index in [1.807, 2.05) is 26.0 Å². The molecule has 0 saturated carbocycles. The number of aryl methyl sites for hydroxylation is 3. The van der Waals surface area contributed by atoms with Gasteiger partial charge in [0.1, 0.15) is 5.75 Å². The van der Waals surface area contributed by atoms with Crippen LogP contribution in [0.2, 0.25) is 0 Å². The zero-order chi connectivity index (χ0) is 28.7. The first-order chi connectivity index (χ1) is 19.0. The van der Waals surface area contributed by atoms with Gasteiger partial charge in [-0.1, -0.05) is 69.7 Å². The van der Waals surface area contributed by atoms with Crippen LogP contribution in [0.1, 0.15) is 80.8 Å². The molecular formula is C33H40N2O4S. The van der Waals surface area contributed by atoms with Crippen molar-refractivity contribution in [2.45, 2.75) is 89.2 Å². The third-order valence-corrected chi connectivity index (χ3v) is 9.89. The number of ether oxygens (including phenoxy) is 1. The molecule has 0 radical (unpaired) electrons. The van der Waals surface area contributed by atoms with E-state index >= 15 is 0 Å². The van der Waals surface area contributed by atoms with Gasteiger partial charge in [-0.2, -0.15) is 0 Å². The molecule has 0 saturated heterocycles. The summed E-state index contributed by atoms with van der Waals surface area (Å²) < 4.78 is 35.5. The summed E-state index contributed by atoms with van der Waals surface area (Å²) in [7, 11) is -3.94. The number of hydrogen-bond donors (Lipinski definition) is 1. The van der Waals surface area contributed by atoms with E-state index in [1.165, 1.54) is 28.3 Å². The van der Waals surface area contributed by atoms with E-state index in [2.05, 4.69) is 44.3 Å². The Balaban J connectivity index is 1.46. The first-order valence-corrected chi connectivity index (χ1v) is 15.7. The molecular weight excluding hydrogens is 520 g/mol. The average Bonchev–Trinajstić information content (AvgIpc) is 2.94. The summed E-state index contributed by atoms with van der Waals surface area (Å²) in [6, 6.07) is 18.7. The topological polar surface area (TPSA) is 75.7 Å². The maximum atomic E-state index is 14.0. The Hall–Kier alpha value is -3.32. The van der Waals surface area contributed by atoms with Crippen molar-refractivity contribution in [1.29, 1.82) is 0 Å². The summed E-state index contributed by atoms with van der Waals surface area (Å²) >= 11 is 0. The van der Waals surface area contributed by atoms with Crippen molar-refractivity contribution < 1.29 is 17.9 Å². The van der Waals surface area contributed by atoms with Gasteiger partial charge in [-0.25, -0.2) is 8.42 Å². The molecule has 2 aliphatic rings. The van der Waals surface area contributed by atoms with Gasteiger partial charge in [-0.3, -0.25) is 9.10 Å². The van der Waals surface area contributed by atoms with Gasteiger partial charge in [0, 0.05) is 0 Å². The van der Waals surface area contributed by atoms with Crippen molar-refractivity contribution in [3.8, 4) is 5.75 Å². The Labute approximate surface area is 238 Å². The maximum Gasteiger partial charge on any atom is 0.264 e. The largest absolute Gasteiger partial charge is 0.476 e. The summed E-state index contributed by atoms with van der Waals surface area (Å²) in [5.41, 5.74) is 6.07. The van der Waals surface area contributed by atoms with Gasteiger partial charge in [0.2, 0.25) is 0 Å². The molecule has 5 rings (SSSR count). The Kier molecular flexibility index (Phi) is 7.71. The fraction of sp³-hybridized carbons (Fsp3) is 0.424. The predicted molar refractivity (Wildman–Crippen MR) is 160 cm³/mol. The Morgan fingerprint density at radius 3 is 2.38 bits per heavy atom. The summed E-state index contributed by atoms with van der Waals surface area (Å²) in [5.74, 6) is 0.0659. The third-order valence-electron chi connectivity index (χ3n) is 8.10. The van der Waals surface area contributed by atoms with Crippen molar-refractivity contribution in [3.05, 3.63) is 88.5 Å². The van der Waals surface area contributed by atoms with Crippen LogP contribution in [-0.4, -0.2) is 27.0 Å². The number of benzene rings is 3. The van der Waals surface area contributed by atoms with Gasteiger partial charge >= 0.3 is 0 Å². The van der Waals surface area contributed by atoms with Crippen LogP contribution in [-0.2, 0) is 33.1 Å². The fourth-order valence-corrected chi connectivity index (χ4v) is 7.04. The lowest BCUT2D eigenvalue weighted by molar-refractivity contribution is -0.128. The molecule has 1 amide bonds. The number of nitrogens with one attached hydrogen (secondary N) is 1. The molecule has 3 aromatic rings. The second-order valence-electron chi connectivity index (χ2n) is 12.1. The zero-order valence-electron chi connectivity index (χ0n) is 24.2.